The molecule has 4 heteroatoms. The van der Waals surface area contributed by atoms with Gasteiger partial charge in [-0.25, -0.2) is 0 Å². The zero-order chi connectivity index (χ0) is 14.2. The molecule has 0 bridgehead atoms. The molecule has 0 aliphatic carbocycles. The Morgan fingerprint density at radius 3 is 2.70 bits per heavy atom. The smallest absolute Gasteiger partial charge is 0.161 e. The first-order valence-corrected chi connectivity index (χ1v) is 7.55. The third kappa shape index (κ3) is 4.12. The maximum Gasteiger partial charge on any atom is 0.161 e. The van der Waals surface area contributed by atoms with Crippen LogP contribution in [0.25, 0.3) is 0 Å². The van der Waals surface area contributed by atoms with Crippen molar-refractivity contribution in [3.05, 3.63) is 24.3 Å². The van der Waals surface area contributed by atoms with E-state index in [1.165, 1.54) is 12.8 Å². The lowest BCUT2D eigenvalue weighted by atomic mass is 10.2. The summed E-state index contributed by atoms with van der Waals surface area (Å²) in [5, 5.41) is 3.44. The fourth-order valence-corrected chi connectivity index (χ4v) is 2.73. The van der Waals surface area contributed by atoms with Gasteiger partial charge >= 0.3 is 0 Å². The zero-order valence-electron chi connectivity index (χ0n) is 12.6. The van der Waals surface area contributed by atoms with Crippen molar-refractivity contribution in [3.8, 4) is 11.5 Å². The van der Waals surface area contributed by atoms with Crippen LogP contribution in [0.3, 0.4) is 0 Å². The predicted octanol–water partition coefficient (Wildman–Crippen LogP) is 2.15. The van der Waals surface area contributed by atoms with Crippen molar-refractivity contribution in [1.29, 1.82) is 0 Å². The van der Waals surface area contributed by atoms with E-state index in [2.05, 4.69) is 17.1 Å². The number of ether oxygens (including phenoxy) is 2. The number of rotatable bonds is 8. The van der Waals surface area contributed by atoms with E-state index in [0.717, 1.165) is 37.7 Å². The standard InChI is InChI=1S/C16H26N2O2/c1-3-10-18(14-8-9-17-13-14)11-12-20-16-7-5-4-6-15(16)19-2/h4-7,14,17H,3,8-13H2,1-2H3. The van der Waals surface area contributed by atoms with Crippen molar-refractivity contribution in [1.82, 2.24) is 10.2 Å². The fourth-order valence-electron chi connectivity index (χ4n) is 2.73. The van der Waals surface area contributed by atoms with Gasteiger partial charge in [-0.15, -0.1) is 0 Å². The van der Waals surface area contributed by atoms with E-state index in [4.69, 9.17) is 9.47 Å². The summed E-state index contributed by atoms with van der Waals surface area (Å²) in [5.41, 5.74) is 0. The lowest BCUT2D eigenvalue weighted by molar-refractivity contribution is 0.165. The van der Waals surface area contributed by atoms with Crippen molar-refractivity contribution in [2.45, 2.75) is 25.8 Å². The molecule has 0 radical (unpaired) electrons. The molecule has 1 saturated heterocycles. The average Bonchev–Trinajstić information content (AvgIpc) is 3.01. The molecule has 1 aromatic carbocycles. The van der Waals surface area contributed by atoms with Crippen LogP contribution in [0.4, 0.5) is 0 Å². The Kier molecular flexibility index (Phi) is 6.15. The van der Waals surface area contributed by atoms with Gasteiger partial charge in [-0.2, -0.15) is 0 Å². The van der Waals surface area contributed by atoms with Crippen molar-refractivity contribution in [2.24, 2.45) is 0 Å². The molecule has 20 heavy (non-hydrogen) atoms. The highest BCUT2D eigenvalue weighted by molar-refractivity contribution is 5.39. The van der Waals surface area contributed by atoms with Crippen LogP contribution in [0.2, 0.25) is 0 Å². The summed E-state index contributed by atoms with van der Waals surface area (Å²) in [4.78, 5) is 2.54. The van der Waals surface area contributed by atoms with Crippen molar-refractivity contribution < 1.29 is 9.47 Å². The summed E-state index contributed by atoms with van der Waals surface area (Å²) in [5.74, 6) is 1.63. The van der Waals surface area contributed by atoms with Gasteiger partial charge in [0, 0.05) is 19.1 Å². The number of hydrogen-bond donors (Lipinski definition) is 1. The molecule has 1 N–H and O–H groups in total. The third-order valence-electron chi connectivity index (χ3n) is 3.77. The Bertz CT molecular complexity index is 392. The zero-order valence-corrected chi connectivity index (χ0v) is 12.6. The quantitative estimate of drug-likeness (QED) is 0.790. The minimum atomic E-state index is 0.663. The van der Waals surface area contributed by atoms with Crippen LogP contribution in [0.1, 0.15) is 19.8 Å². The monoisotopic (exact) mass is 278 g/mol. The molecule has 1 aliphatic heterocycles. The van der Waals surface area contributed by atoms with Crippen molar-refractivity contribution >= 4 is 0 Å². The Morgan fingerprint density at radius 2 is 2.05 bits per heavy atom. The maximum absolute atomic E-state index is 5.88. The van der Waals surface area contributed by atoms with E-state index in [9.17, 15) is 0 Å². The molecule has 1 aliphatic rings. The number of methoxy groups -OCH3 is 1. The minimum Gasteiger partial charge on any atom is -0.493 e. The number of nitrogens with zero attached hydrogens (tertiary/aromatic N) is 1. The molecule has 2 rings (SSSR count). The largest absolute Gasteiger partial charge is 0.493 e. The van der Waals surface area contributed by atoms with Crippen molar-refractivity contribution in [3.63, 3.8) is 0 Å². The summed E-state index contributed by atoms with van der Waals surface area (Å²) in [6.07, 6.45) is 2.43. The summed E-state index contributed by atoms with van der Waals surface area (Å²) < 4.78 is 11.2. The second kappa shape index (κ2) is 8.12. The van der Waals surface area contributed by atoms with Crippen LogP contribution >= 0.6 is 0 Å². The topological polar surface area (TPSA) is 33.7 Å². The Labute approximate surface area is 122 Å². The van der Waals surface area contributed by atoms with Crippen LogP contribution in [-0.4, -0.2) is 50.8 Å². The Morgan fingerprint density at radius 1 is 1.25 bits per heavy atom. The summed E-state index contributed by atoms with van der Waals surface area (Å²) >= 11 is 0. The minimum absolute atomic E-state index is 0.663. The van der Waals surface area contributed by atoms with Crippen LogP contribution < -0.4 is 14.8 Å². The average molecular weight is 278 g/mol. The molecular weight excluding hydrogens is 252 g/mol. The number of nitrogens with one attached hydrogen (secondary N) is 1. The van der Waals surface area contributed by atoms with E-state index < -0.39 is 0 Å². The summed E-state index contributed by atoms with van der Waals surface area (Å²) in [6, 6.07) is 8.48. The van der Waals surface area contributed by atoms with Gasteiger partial charge in [0.1, 0.15) is 6.61 Å². The molecule has 0 saturated carbocycles. The molecule has 0 spiro atoms. The number of benzene rings is 1. The van der Waals surface area contributed by atoms with Crippen LogP contribution in [0, 0.1) is 0 Å². The predicted molar refractivity (Wildman–Crippen MR) is 81.6 cm³/mol. The van der Waals surface area contributed by atoms with E-state index in [-0.39, 0.29) is 0 Å². The molecule has 112 valence electrons. The number of hydrogen-bond acceptors (Lipinski definition) is 4. The first-order chi connectivity index (χ1) is 9.85. The third-order valence-corrected chi connectivity index (χ3v) is 3.77. The number of para-hydroxylation sites is 2. The summed E-state index contributed by atoms with van der Waals surface area (Å²) in [7, 11) is 1.68. The van der Waals surface area contributed by atoms with Crippen LogP contribution in [0.5, 0.6) is 11.5 Å². The first-order valence-electron chi connectivity index (χ1n) is 7.55. The molecule has 1 aromatic rings. The van der Waals surface area contributed by atoms with Crippen LogP contribution in [0.15, 0.2) is 24.3 Å². The van der Waals surface area contributed by atoms with Gasteiger partial charge in [0.05, 0.1) is 7.11 Å². The maximum atomic E-state index is 5.88. The normalized spacial score (nSPS) is 18.4. The SMILES string of the molecule is CCCN(CCOc1ccccc1OC)C1CCNC1. The molecule has 1 heterocycles. The second-order valence-electron chi connectivity index (χ2n) is 5.18. The van der Waals surface area contributed by atoms with Gasteiger partial charge < -0.3 is 14.8 Å². The molecular formula is C16H26N2O2. The van der Waals surface area contributed by atoms with Gasteiger partial charge in [0.15, 0.2) is 11.5 Å². The van der Waals surface area contributed by atoms with Gasteiger partial charge in [0.2, 0.25) is 0 Å². The van der Waals surface area contributed by atoms with Gasteiger partial charge in [-0.05, 0) is 38.1 Å². The van der Waals surface area contributed by atoms with Gasteiger partial charge in [0.25, 0.3) is 0 Å². The molecule has 1 atom stereocenters. The van der Waals surface area contributed by atoms with E-state index in [1.807, 2.05) is 24.3 Å². The Hall–Kier alpha value is -1.26. The Balaban J connectivity index is 1.83. The lowest BCUT2D eigenvalue weighted by Gasteiger charge is -2.27. The molecule has 0 amide bonds. The summed E-state index contributed by atoms with van der Waals surface area (Å²) in [6.45, 7) is 7.29. The molecule has 0 aromatic heterocycles. The van der Waals surface area contributed by atoms with Crippen LogP contribution in [-0.2, 0) is 0 Å². The first kappa shape index (κ1) is 15.1. The van der Waals surface area contributed by atoms with E-state index in [0.29, 0.717) is 12.6 Å². The van der Waals surface area contributed by atoms with E-state index in [1.54, 1.807) is 7.11 Å². The van der Waals surface area contributed by atoms with Gasteiger partial charge in [-0.3, -0.25) is 4.90 Å². The highest BCUT2D eigenvalue weighted by Gasteiger charge is 2.21. The van der Waals surface area contributed by atoms with Gasteiger partial charge in [-0.1, -0.05) is 19.1 Å². The highest BCUT2D eigenvalue weighted by atomic mass is 16.5. The van der Waals surface area contributed by atoms with E-state index >= 15 is 0 Å². The molecule has 1 unspecified atom stereocenters. The fraction of sp³-hybridized carbons (Fsp3) is 0.625. The highest BCUT2D eigenvalue weighted by Crippen LogP contribution is 2.25. The van der Waals surface area contributed by atoms with Crippen molar-refractivity contribution in [2.75, 3.05) is 39.9 Å². The second-order valence-corrected chi connectivity index (χ2v) is 5.18. The molecule has 4 nitrogen and oxygen atoms in total. The lowest BCUT2D eigenvalue weighted by Crippen LogP contribution is -2.40. The molecule has 1 fully saturated rings.